The van der Waals surface area contributed by atoms with Crippen LogP contribution in [0.2, 0.25) is 0 Å². The summed E-state index contributed by atoms with van der Waals surface area (Å²) in [6.45, 7) is 1.47. The summed E-state index contributed by atoms with van der Waals surface area (Å²) in [5.74, 6) is -0.980. The molecule has 0 bridgehead atoms. The standard InChI is InChI=1S/C5H5IO4/c1-2-4(7)10-3(6)5(8)9-2/h2-3H,1H3/t2-,3+/m0/s1. The largest absolute Gasteiger partial charge is 0.447 e. The predicted octanol–water partition coefficient (Wildman–Crippen LogP) is 0.236. The van der Waals surface area contributed by atoms with Crippen LogP contribution < -0.4 is 0 Å². The third-order valence-corrected chi connectivity index (χ3v) is 1.79. The van der Waals surface area contributed by atoms with E-state index < -0.39 is 22.2 Å². The van der Waals surface area contributed by atoms with E-state index in [4.69, 9.17) is 0 Å². The molecule has 1 aliphatic rings. The molecule has 0 aromatic heterocycles. The zero-order valence-electron chi connectivity index (χ0n) is 5.17. The van der Waals surface area contributed by atoms with Crippen LogP contribution in [0.4, 0.5) is 0 Å². The molecule has 0 N–H and O–H groups in total. The number of carbonyl (C=O) groups is 2. The van der Waals surface area contributed by atoms with Gasteiger partial charge in [0, 0.05) is 0 Å². The van der Waals surface area contributed by atoms with E-state index in [9.17, 15) is 9.59 Å². The number of carbonyl (C=O) groups excluding carboxylic acids is 2. The van der Waals surface area contributed by atoms with E-state index >= 15 is 0 Å². The van der Waals surface area contributed by atoms with Crippen molar-refractivity contribution in [2.24, 2.45) is 0 Å². The first-order valence-electron chi connectivity index (χ1n) is 2.66. The number of alkyl halides is 1. The zero-order chi connectivity index (χ0) is 7.72. The van der Waals surface area contributed by atoms with Gasteiger partial charge in [-0.15, -0.1) is 0 Å². The average Bonchev–Trinajstić information content (AvgIpc) is 1.84. The second-order valence-corrected chi connectivity index (χ2v) is 2.96. The highest BCUT2D eigenvalue weighted by Crippen LogP contribution is 2.14. The third-order valence-electron chi connectivity index (χ3n) is 1.03. The fourth-order valence-electron chi connectivity index (χ4n) is 0.522. The number of rotatable bonds is 0. The fraction of sp³-hybridized carbons (Fsp3) is 0.600. The molecule has 0 spiro atoms. The molecule has 5 heteroatoms. The molecule has 1 fully saturated rings. The van der Waals surface area contributed by atoms with Crippen LogP contribution in [0.5, 0.6) is 0 Å². The monoisotopic (exact) mass is 256 g/mol. The minimum Gasteiger partial charge on any atom is -0.447 e. The minimum atomic E-state index is -0.777. The molecular weight excluding hydrogens is 251 g/mol. The zero-order valence-corrected chi connectivity index (χ0v) is 7.32. The van der Waals surface area contributed by atoms with Crippen LogP contribution in [0.25, 0.3) is 0 Å². The predicted molar refractivity (Wildman–Crippen MR) is 39.5 cm³/mol. The number of halogens is 1. The maximum Gasteiger partial charge on any atom is 0.358 e. The highest BCUT2D eigenvalue weighted by atomic mass is 127. The van der Waals surface area contributed by atoms with Gasteiger partial charge in [-0.05, 0) is 29.5 Å². The molecule has 1 aliphatic heterocycles. The molecule has 0 saturated carbocycles. The van der Waals surface area contributed by atoms with Crippen molar-refractivity contribution in [1.29, 1.82) is 0 Å². The van der Waals surface area contributed by atoms with Gasteiger partial charge in [-0.3, -0.25) is 0 Å². The molecule has 0 aliphatic carbocycles. The normalized spacial score (nSPS) is 33.0. The number of ether oxygens (including phenoxy) is 2. The van der Waals surface area contributed by atoms with Crippen molar-refractivity contribution in [3.63, 3.8) is 0 Å². The van der Waals surface area contributed by atoms with Gasteiger partial charge in [-0.1, -0.05) is 0 Å². The van der Waals surface area contributed by atoms with Gasteiger partial charge >= 0.3 is 11.9 Å². The Morgan fingerprint density at radius 3 is 2.40 bits per heavy atom. The molecule has 1 rings (SSSR count). The van der Waals surface area contributed by atoms with Gasteiger partial charge in [0.05, 0.1) is 0 Å². The molecule has 0 unspecified atom stereocenters. The summed E-state index contributed by atoms with van der Waals surface area (Å²) < 4.78 is 8.40. The number of cyclic esters (lactones) is 2. The molecule has 1 saturated heterocycles. The van der Waals surface area contributed by atoms with Crippen LogP contribution in [0, 0.1) is 0 Å². The molecule has 56 valence electrons. The Labute approximate surface area is 71.0 Å². The van der Waals surface area contributed by atoms with Crippen LogP contribution in [-0.4, -0.2) is 22.2 Å². The number of hydrogen-bond acceptors (Lipinski definition) is 4. The molecular formula is C5H5IO4. The third kappa shape index (κ3) is 1.39. The lowest BCUT2D eigenvalue weighted by Crippen LogP contribution is -2.39. The van der Waals surface area contributed by atoms with E-state index in [-0.39, 0.29) is 0 Å². The molecule has 1 heterocycles. The summed E-state index contributed by atoms with van der Waals surface area (Å²) >= 11 is 1.69. The summed E-state index contributed by atoms with van der Waals surface area (Å²) in [5, 5.41) is 0. The van der Waals surface area contributed by atoms with Crippen molar-refractivity contribution < 1.29 is 19.1 Å². The van der Waals surface area contributed by atoms with Gasteiger partial charge in [-0.25, -0.2) is 9.59 Å². The van der Waals surface area contributed by atoms with E-state index in [1.165, 1.54) is 6.92 Å². The highest BCUT2D eigenvalue weighted by molar-refractivity contribution is 14.1. The first-order valence-corrected chi connectivity index (χ1v) is 3.91. The Bertz CT molecular complexity index is 158. The summed E-state index contributed by atoms with van der Waals surface area (Å²) in [7, 11) is 0. The Morgan fingerprint density at radius 1 is 1.30 bits per heavy atom. The summed E-state index contributed by atoms with van der Waals surface area (Å²) in [4.78, 5) is 21.3. The Balaban J connectivity index is 2.63. The maximum atomic E-state index is 10.6. The van der Waals surface area contributed by atoms with Crippen LogP contribution in [0.3, 0.4) is 0 Å². The van der Waals surface area contributed by atoms with Gasteiger partial charge in [0.2, 0.25) is 4.11 Å². The fourth-order valence-corrected chi connectivity index (χ4v) is 0.919. The van der Waals surface area contributed by atoms with E-state index in [1.807, 2.05) is 0 Å². The summed E-state index contributed by atoms with van der Waals surface area (Å²) in [6.07, 6.45) is -0.751. The Kier molecular flexibility index (Phi) is 2.12. The smallest absolute Gasteiger partial charge is 0.358 e. The van der Waals surface area contributed by atoms with Crippen LogP contribution in [0.1, 0.15) is 6.92 Å². The summed E-state index contributed by atoms with van der Waals surface area (Å²) in [5.41, 5.74) is 0. The topological polar surface area (TPSA) is 52.6 Å². The van der Waals surface area contributed by atoms with Crippen molar-refractivity contribution in [2.75, 3.05) is 0 Å². The molecule has 0 aromatic rings. The van der Waals surface area contributed by atoms with Crippen molar-refractivity contribution in [1.82, 2.24) is 0 Å². The lowest BCUT2D eigenvalue weighted by molar-refractivity contribution is -0.184. The van der Waals surface area contributed by atoms with Crippen LogP contribution in [0.15, 0.2) is 0 Å². The van der Waals surface area contributed by atoms with Crippen molar-refractivity contribution >= 4 is 34.5 Å². The molecule has 2 atom stereocenters. The molecule has 0 aromatic carbocycles. The van der Waals surface area contributed by atoms with E-state index in [2.05, 4.69) is 9.47 Å². The van der Waals surface area contributed by atoms with Gasteiger partial charge in [-0.2, -0.15) is 0 Å². The summed E-state index contributed by atoms with van der Waals surface area (Å²) in [6, 6.07) is 0. The van der Waals surface area contributed by atoms with Gasteiger partial charge < -0.3 is 9.47 Å². The number of hydrogen-bond donors (Lipinski definition) is 0. The van der Waals surface area contributed by atoms with Crippen molar-refractivity contribution in [3.8, 4) is 0 Å². The quantitative estimate of drug-likeness (QED) is 0.354. The highest BCUT2D eigenvalue weighted by Gasteiger charge is 2.33. The second-order valence-electron chi connectivity index (χ2n) is 1.83. The average molecular weight is 256 g/mol. The van der Waals surface area contributed by atoms with E-state index in [0.29, 0.717) is 0 Å². The van der Waals surface area contributed by atoms with Gasteiger partial charge in [0.25, 0.3) is 0 Å². The molecule has 4 nitrogen and oxygen atoms in total. The van der Waals surface area contributed by atoms with Crippen LogP contribution >= 0.6 is 22.6 Å². The SMILES string of the molecule is C[C@@H]1OC(=O)[C@H](I)OC1=O. The first kappa shape index (κ1) is 7.77. The Hall–Kier alpha value is -0.330. The second kappa shape index (κ2) is 2.73. The molecule has 0 radical (unpaired) electrons. The maximum absolute atomic E-state index is 10.6. The molecule has 0 amide bonds. The van der Waals surface area contributed by atoms with E-state index in [0.717, 1.165) is 0 Å². The number of esters is 2. The first-order chi connectivity index (χ1) is 4.61. The minimum absolute atomic E-state index is 0.487. The van der Waals surface area contributed by atoms with Gasteiger partial charge in [0.15, 0.2) is 6.10 Å². The van der Waals surface area contributed by atoms with Crippen molar-refractivity contribution in [3.05, 3.63) is 0 Å². The van der Waals surface area contributed by atoms with Gasteiger partial charge in [0.1, 0.15) is 0 Å². The lowest BCUT2D eigenvalue weighted by Gasteiger charge is -2.21. The Morgan fingerprint density at radius 2 is 1.90 bits per heavy atom. The molecule has 10 heavy (non-hydrogen) atoms. The lowest BCUT2D eigenvalue weighted by atomic mass is 10.4. The van der Waals surface area contributed by atoms with Crippen LogP contribution in [-0.2, 0) is 19.1 Å². The van der Waals surface area contributed by atoms with E-state index in [1.54, 1.807) is 22.6 Å². The van der Waals surface area contributed by atoms with Crippen molar-refractivity contribution in [2.45, 2.75) is 17.1 Å².